The molecule has 0 saturated carbocycles. The van der Waals surface area contributed by atoms with Gasteiger partial charge in [-0.15, -0.1) is 0 Å². The number of pyridine rings is 1. The molecule has 5 rings (SSSR count). The monoisotopic (exact) mass is 813 g/mol. The summed E-state index contributed by atoms with van der Waals surface area (Å²) >= 11 is 0. The molecule has 5 N–H and O–H groups in total. The van der Waals surface area contributed by atoms with Crippen molar-refractivity contribution in [1.82, 2.24) is 41.0 Å². The average molecular weight is 814 g/mol. The lowest BCUT2D eigenvalue weighted by atomic mass is 9.94. The van der Waals surface area contributed by atoms with E-state index >= 15 is 0 Å². The normalized spacial score (nSPS) is 17.6. The Labute approximate surface area is 346 Å². The number of aromatic nitrogens is 1. The first kappa shape index (κ1) is 44.1. The molecule has 0 aliphatic carbocycles. The van der Waals surface area contributed by atoms with Crippen LogP contribution in [0.25, 0.3) is 0 Å². The number of amides is 7. The van der Waals surface area contributed by atoms with Gasteiger partial charge < -0.3 is 36.4 Å². The maximum absolute atomic E-state index is 14.0. The number of hydrogen-bond acceptors (Lipinski definition) is 10. The second-order valence-electron chi connectivity index (χ2n) is 17.0. The van der Waals surface area contributed by atoms with E-state index in [4.69, 9.17) is 0 Å². The lowest BCUT2D eigenvalue weighted by molar-refractivity contribution is -0.151. The number of carbonyl (C=O) groups is 6. The van der Waals surface area contributed by atoms with Crippen LogP contribution in [0.3, 0.4) is 0 Å². The summed E-state index contributed by atoms with van der Waals surface area (Å²) in [6.07, 6.45) is 2.52. The van der Waals surface area contributed by atoms with E-state index in [1.807, 2.05) is 39.8 Å². The van der Waals surface area contributed by atoms with E-state index < -0.39 is 47.3 Å². The molecule has 0 spiro atoms. The van der Waals surface area contributed by atoms with Crippen LogP contribution >= 0.6 is 0 Å². The zero-order valence-corrected chi connectivity index (χ0v) is 36.0. The molecular formula is C42H59N11O6. The van der Waals surface area contributed by atoms with Gasteiger partial charge in [-0.2, -0.15) is 4.99 Å². The Morgan fingerprint density at radius 2 is 1.73 bits per heavy atom. The first-order chi connectivity index (χ1) is 27.7. The predicted molar refractivity (Wildman–Crippen MR) is 225 cm³/mol. The maximum atomic E-state index is 14.0. The van der Waals surface area contributed by atoms with E-state index in [0.717, 1.165) is 22.5 Å². The van der Waals surface area contributed by atoms with Crippen LogP contribution in [0.5, 0.6) is 0 Å². The molecule has 2 aromatic rings. The van der Waals surface area contributed by atoms with Crippen LogP contribution in [0, 0.1) is 25.7 Å². The number of carbonyl (C=O) groups excluding carboxylic acids is 6. The molecule has 0 radical (unpaired) electrons. The Bertz CT molecular complexity index is 2040. The first-order valence-corrected chi connectivity index (χ1v) is 20.0. The summed E-state index contributed by atoms with van der Waals surface area (Å²) in [5.41, 5.74) is 2.71. The van der Waals surface area contributed by atoms with Crippen molar-refractivity contribution in [3.8, 4) is 0 Å². The van der Waals surface area contributed by atoms with Gasteiger partial charge in [0.15, 0.2) is 0 Å². The predicted octanol–water partition coefficient (Wildman–Crippen LogP) is 2.72. The van der Waals surface area contributed by atoms with Gasteiger partial charge in [0, 0.05) is 56.8 Å². The number of urea groups is 1. The topological polar surface area (TPSA) is 201 Å². The number of benzene rings is 1. The van der Waals surface area contributed by atoms with Crippen molar-refractivity contribution in [2.45, 2.75) is 91.9 Å². The molecule has 7 amide bonds. The third-order valence-corrected chi connectivity index (χ3v) is 10.7. The molecule has 17 heteroatoms. The fourth-order valence-electron chi connectivity index (χ4n) is 7.07. The van der Waals surface area contributed by atoms with Crippen LogP contribution in [0.1, 0.15) is 76.0 Å². The Balaban J connectivity index is 1.25. The average Bonchev–Trinajstić information content (AvgIpc) is 3.14. The number of rotatable bonds is 13. The SMILES string of the molecule is Cc1ccc(NC2=NC3=C(CN2)CN(c2cc(C(=O)N[C@H](C(=O)N4CC[C@H]4C(=O)NC(C)(C)C(=O)N[C@@H](CC(C)C)C(=O)N(C)C)C(C)C)ccc2C)C(=O)N3C)cn1. The van der Waals surface area contributed by atoms with Gasteiger partial charge >= 0.3 is 6.03 Å². The second-order valence-corrected chi connectivity index (χ2v) is 17.0. The van der Waals surface area contributed by atoms with Gasteiger partial charge in [-0.1, -0.05) is 33.8 Å². The fourth-order valence-corrected chi connectivity index (χ4v) is 7.07. The number of hydrogen-bond donors (Lipinski definition) is 5. The molecule has 17 nitrogen and oxygen atoms in total. The zero-order valence-electron chi connectivity index (χ0n) is 36.0. The van der Waals surface area contributed by atoms with Gasteiger partial charge in [0.05, 0.1) is 18.4 Å². The van der Waals surface area contributed by atoms with Crippen LogP contribution in [0.15, 0.2) is 52.9 Å². The van der Waals surface area contributed by atoms with Gasteiger partial charge in [-0.25, -0.2) is 4.79 Å². The van der Waals surface area contributed by atoms with Gasteiger partial charge in [-0.3, -0.25) is 38.8 Å². The molecule has 1 fully saturated rings. The van der Waals surface area contributed by atoms with E-state index in [2.05, 4.69) is 36.6 Å². The molecule has 0 unspecified atom stereocenters. The van der Waals surface area contributed by atoms with Gasteiger partial charge in [0.25, 0.3) is 5.91 Å². The van der Waals surface area contributed by atoms with Crippen LogP contribution in [0.2, 0.25) is 0 Å². The van der Waals surface area contributed by atoms with Crippen LogP contribution in [0.4, 0.5) is 16.2 Å². The Morgan fingerprint density at radius 1 is 1.02 bits per heavy atom. The van der Waals surface area contributed by atoms with Crippen molar-refractivity contribution in [3.63, 3.8) is 0 Å². The largest absolute Gasteiger partial charge is 0.352 e. The zero-order chi connectivity index (χ0) is 43.5. The molecule has 3 aliphatic heterocycles. The highest BCUT2D eigenvalue weighted by Gasteiger charge is 2.44. The highest BCUT2D eigenvalue weighted by molar-refractivity contribution is 6.03. The Morgan fingerprint density at radius 3 is 2.32 bits per heavy atom. The standard InChI is InChI=1S/C42H59N11O6/c1-23(2)18-30(37(56)50(9)10)46-39(58)42(7,8)49-36(55)31-16-17-52(31)38(57)33(24(3)4)47-35(54)27-14-12-25(5)32(19-27)53-22-28-20-44-40(48-34(28)51(11)41(53)59)45-29-15-13-26(6)43-21-29/h12-15,19,21,23-24,30-31,33H,16-18,20,22H2,1-11H3,(H,46,58)(H,47,54)(H,49,55)(H2,44,45,48)/t30-,31-,33-/m0/s1. The van der Waals surface area contributed by atoms with E-state index in [1.54, 1.807) is 78.1 Å². The van der Waals surface area contributed by atoms with Gasteiger partial charge in [-0.05, 0) is 82.2 Å². The van der Waals surface area contributed by atoms with Crippen molar-refractivity contribution in [1.29, 1.82) is 0 Å². The maximum Gasteiger partial charge on any atom is 0.330 e. The molecule has 4 heterocycles. The quantitative estimate of drug-likeness (QED) is 0.202. The lowest BCUT2D eigenvalue weighted by Crippen LogP contribution is -2.67. The number of nitrogens with one attached hydrogen (secondary N) is 5. The molecule has 1 saturated heterocycles. The number of likely N-dealkylation sites (N-methyl/N-ethyl adjacent to an activating group) is 1. The van der Waals surface area contributed by atoms with Crippen molar-refractivity contribution in [2.24, 2.45) is 16.8 Å². The summed E-state index contributed by atoms with van der Waals surface area (Å²) in [6, 6.07) is 5.95. The van der Waals surface area contributed by atoms with E-state index in [-0.39, 0.29) is 35.9 Å². The molecule has 59 heavy (non-hydrogen) atoms. The highest BCUT2D eigenvalue weighted by atomic mass is 16.2. The van der Waals surface area contributed by atoms with Crippen LogP contribution in [-0.4, -0.2) is 126 Å². The summed E-state index contributed by atoms with van der Waals surface area (Å²) in [7, 11) is 4.90. The molecule has 1 aromatic heterocycles. The number of anilines is 2. The number of likely N-dealkylation sites (tertiary alicyclic amines) is 1. The number of aliphatic imine (C=N–C) groups is 1. The van der Waals surface area contributed by atoms with Crippen molar-refractivity contribution < 1.29 is 28.8 Å². The minimum Gasteiger partial charge on any atom is -0.352 e. The molecule has 3 aliphatic rings. The van der Waals surface area contributed by atoms with Gasteiger partial charge in [0.1, 0.15) is 29.5 Å². The summed E-state index contributed by atoms with van der Waals surface area (Å²) in [4.78, 5) is 96.3. The third kappa shape index (κ3) is 10.0. The minimum absolute atomic E-state index is 0.136. The lowest BCUT2D eigenvalue weighted by Gasteiger charge is -2.43. The summed E-state index contributed by atoms with van der Waals surface area (Å²) in [6.45, 7) is 15.4. The summed E-state index contributed by atoms with van der Waals surface area (Å²) in [5, 5.41) is 14.9. The fraction of sp³-hybridized carbons (Fsp3) is 0.524. The molecule has 1 aromatic carbocycles. The summed E-state index contributed by atoms with van der Waals surface area (Å²) < 4.78 is 0. The summed E-state index contributed by atoms with van der Waals surface area (Å²) in [5.74, 6) is -1.38. The van der Waals surface area contributed by atoms with Gasteiger partial charge in [0.2, 0.25) is 29.6 Å². The number of guanidine groups is 1. The van der Waals surface area contributed by atoms with E-state index in [9.17, 15) is 28.8 Å². The van der Waals surface area contributed by atoms with Crippen LogP contribution in [-0.2, 0) is 19.2 Å². The Hall–Kier alpha value is -6.00. The smallest absolute Gasteiger partial charge is 0.330 e. The van der Waals surface area contributed by atoms with Crippen molar-refractivity contribution in [2.75, 3.05) is 51.0 Å². The second kappa shape index (κ2) is 17.9. The van der Waals surface area contributed by atoms with Crippen molar-refractivity contribution >= 4 is 52.9 Å². The molecular weight excluding hydrogens is 755 g/mol. The van der Waals surface area contributed by atoms with E-state index in [1.165, 1.54) is 14.7 Å². The van der Waals surface area contributed by atoms with E-state index in [0.29, 0.717) is 43.4 Å². The highest BCUT2D eigenvalue weighted by Crippen LogP contribution is 2.31. The molecule has 0 bridgehead atoms. The first-order valence-electron chi connectivity index (χ1n) is 20.0. The van der Waals surface area contributed by atoms with Crippen molar-refractivity contribution in [3.05, 3.63) is 64.7 Å². The number of aryl methyl sites for hydroxylation is 2. The molecule has 318 valence electrons. The number of nitrogens with zero attached hydrogens (tertiary/aromatic N) is 6. The Kier molecular flexibility index (Phi) is 13.4. The third-order valence-electron chi connectivity index (χ3n) is 10.7. The molecule has 3 atom stereocenters. The van der Waals surface area contributed by atoms with Crippen LogP contribution < -0.4 is 31.5 Å². The minimum atomic E-state index is -1.39.